The molecular formula is C17H23NO2. The Morgan fingerprint density at radius 2 is 2.05 bits per heavy atom. The first kappa shape index (κ1) is 14.7. The minimum Gasteiger partial charge on any atom is -0.494 e. The molecule has 0 aliphatic heterocycles. The lowest BCUT2D eigenvalue weighted by molar-refractivity contribution is 0.289. The first-order chi connectivity index (χ1) is 9.74. The van der Waals surface area contributed by atoms with E-state index in [1.54, 1.807) is 6.26 Å². The highest BCUT2D eigenvalue weighted by molar-refractivity contribution is 5.28. The van der Waals surface area contributed by atoms with Crippen LogP contribution in [0, 0.1) is 5.92 Å². The van der Waals surface area contributed by atoms with Crippen LogP contribution in [-0.2, 0) is 13.1 Å². The molecule has 0 spiro atoms. The van der Waals surface area contributed by atoms with Crippen LogP contribution in [0.25, 0.3) is 0 Å². The Balaban J connectivity index is 1.77. The van der Waals surface area contributed by atoms with Crippen LogP contribution in [-0.4, -0.2) is 6.61 Å². The maximum absolute atomic E-state index is 5.76. The van der Waals surface area contributed by atoms with Gasteiger partial charge in [-0.1, -0.05) is 26.0 Å². The van der Waals surface area contributed by atoms with Gasteiger partial charge in [-0.25, -0.2) is 0 Å². The molecule has 1 heterocycles. The highest BCUT2D eigenvalue weighted by Gasteiger charge is 2.00. The molecule has 0 amide bonds. The van der Waals surface area contributed by atoms with Gasteiger partial charge in [0.15, 0.2) is 0 Å². The van der Waals surface area contributed by atoms with Crippen molar-refractivity contribution in [3.8, 4) is 5.75 Å². The van der Waals surface area contributed by atoms with E-state index in [1.165, 1.54) is 5.56 Å². The second-order valence-corrected chi connectivity index (χ2v) is 5.36. The molecule has 2 rings (SSSR count). The van der Waals surface area contributed by atoms with Crippen molar-refractivity contribution in [1.82, 2.24) is 5.32 Å². The molecule has 1 aromatic carbocycles. The molecule has 0 fully saturated rings. The zero-order valence-electron chi connectivity index (χ0n) is 12.3. The average molecular weight is 273 g/mol. The van der Waals surface area contributed by atoms with Crippen molar-refractivity contribution >= 4 is 0 Å². The summed E-state index contributed by atoms with van der Waals surface area (Å²) in [5.74, 6) is 2.57. The zero-order chi connectivity index (χ0) is 14.2. The van der Waals surface area contributed by atoms with Crippen molar-refractivity contribution in [1.29, 1.82) is 0 Å². The van der Waals surface area contributed by atoms with Crippen molar-refractivity contribution in [2.75, 3.05) is 6.61 Å². The minimum absolute atomic E-state index is 0.674. The summed E-state index contributed by atoms with van der Waals surface area (Å²) in [7, 11) is 0. The van der Waals surface area contributed by atoms with Gasteiger partial charge < -0.3 is 14.5 Å². The highest BCUT2D eigenvalue weighted by Crippen LogP contribution is 2.14. The first-order valence-electron chi connectivity index (χ1n) is 7.19. The molecule has 1 N–H and O–H groups in total. The molecule has 0 saturated heterocycles. The van der Waals surface area contributed by atoms with Crippen LogP contribution in [0.2, 0.25) is 0 Å². The molecule has 0 bridgehead atoms. The third kappa shape index (κ3) is 5.10. The number of rotatable bonds is 8. The van der Waals surface area contributed by atoms with E-state index in [9.17, 15) is 0 Å². The van der Waals surface area contributed by atoms with Gasteiger partial charge in [-0.15, -0.1) is 0 Å². The van der Waals surface area contributed by atoms with Gasteiger partial charge in [0.25, 0.3) is 0 Å². The molecule has 0 atom stereocenters. The molecule has 20 heavy (non-hydrogen) atoms. The Bertz CT molecular complexity index is 491. The second-order valence-electron chi connectivity index (χ2n) is 5.36. The predicted octanol–water partition coefficient (Wildman–Crippen LogP) is 3.99. The summed E-state index contributed by atoms with van der Waals surface area (Å²) in [5.41, 5.74) is 1.22. The summed E-state index contributed by atoms with van der Waals surface area (Å²) in [4.78, 5) is 0. The summed E-state index contributed by atoms with van der Waals surface area (Å²) >= 11 is 0. The largest absolute Gasteiger partial charge is 0.494 e. The first-order valence-corrected chi connectivity index (χ1v) is 7.19. The molecule has 3 heteroatoms. The van der Waals surface area contributed by atoms with Crippen LogP contribution in [0.3, 0.4) is 0 Å². The predicted molar refractivity (Wildman–Crippen MR) is 80.6 cm³/mol. The summed E-state index contributed by atoms with van der Waals surface area (Å²) in [5, 5.41) is 3.36. The smallest absolute Gasteiger partial charge is 0.119 e. The summed E-state index contributed by atoms with van der Waals surface area (Å²) < 4.78 is 11.0. The topological polar surface area (TPSA) is 34.4 Å². The van der Waals surface area contributed by atoms with Crippen molar-refractivity contribution in [3.05, 3.63) is 54.0 Å². The number of nitrogens with one attached hydrogen (secondary N) is 1. The standard InChI is InChI=1S/C17H23NO2/c1-14(2)8-10-20-16-6-3-5-15(11-16)12-18-13-17-7-4-9-19-17/h3-7,9,11,14,18H,8,10,12-13H2,1-2H3. The maximum atomic E-state index is 5.76. The second kappa shape index (κ2) is 7.75. The van der Waals surface area contributed by atoms with E-state index >= 15 is 0 Å². The molecule has 0 unspecified atom stereocenters. The maximum Gasteiger partial charge on any atom is 0.119 e. The average Bonchev–Trinajstić information content (AvgIpc) is 2.92. The van der Waals surface area contributed by atoms with Gasteiger partial charge in [0.05, 0.1) is 19.4 Å². The van der Waals surface area contributed by atoms with Crippen LogP contribution in [0.4, 0.5) is 0 Å². The van der Waals surface area contributed by atoms with Crippen molar-refractivity contribution < 1.29 is 9.15 Å². The Morgan fingerprint density at radius 1 is 1.15 bits per heavy atom. The van der Waals surface area contributed by atoms with E-state index in [2.05, 4.69) is 31.3 Å². The van der Waals surface area contributed by atoms with Crippen LogP contribution in [0.1, 0.15) is 31.6 Å². The SMILES string of the molecule is CC(C)CCOc1cccc(CNCc2ccco2)c1. The van der Waals surface area contributed by atoms with Gasteiger partial charge in [0, 0.05) is 6.54 Å². The Morgan fingerprint density at radius 3 is 2.80 bits per heavy atom. The summed E-state index contributed by atoms with van der Waals surface area (Å²) in [6.07, 6.45) is 2.78. The van der Waals surface area contributed by atoms with E-state index in [0.717, 1.165) is 37.6 Å². The third-order valence-corrected chi connectivity index (χ3v) is 3.07. The van der Waals surface area contributed by atoms with E-state index < -0.39 is 0 Å². The molecular weight excluding hydrogens is 250 g/mol. The molecule has 0 radical (unpaired) electrons. The summed E-state index contributed by atoms with van der Waals surface area (Å²) in [6.45, 7) is 6.74. The number of furan rings is 1. The molecule has 0 aliphatic carbocycles. The zero-order valence-corrected chi connectivity index (χ0v) is 12.3. The van der Waals surface area contributed by atoms with Crippen molar-refractivity contribution in [2.45, 2.75) is 33.4 Å². The van der Waals surface area contributed by atoms with E-state index in [1.807, 2.05) is 24.3 Å². The van der Waals surface area contributed by atoms with Crippen LogP contribution in [0.15, 0.2) is 47.1 Å². The lowest BCUT2D eigenvalue weighted by Crippen LogP contribution is -2.12. The molecule has 0 aliphatic rings. The molecule has 3 nitrogen and oxygen atoms in total. The minimum atomic E-state index is 0.674. The molecule has 2 aromatic rings. The van der Waals surface area contributed by atoms with Crippen LogP contribution >= 0.6 is 0 Å². The third-order valence-electron chi connectivity index (χ3n) is 3.07. The van der Waals surface area contributed by atoms with E-state index in [4.69, 9.17) is 9.15 Å². The van der Waals surface area contributed by atoms with Gasteiger partial charge >= 0.3 is 0 Å². The number of benzene rings is 1. The van der Waals surface area contributed by atoms with E-state index in [-0.39, 0.29) is 0 Å². The summed E-state index contributed by atoms with van der Waals surface area (Å²) in [6, 6.07) is 12.1. The number of hydrogen-bond acceptors (Lipinski definition) is 3. The Kier molecular flexibility index (Phi) is 5.69. The Labute approximate surface area is 121 Å². The lowest BCUT2D eigenvalue weighted by atomic mass is 10.1. The molecule has 1 aromatic heterocycles. The fraction of sp³-hybridized carbons (Fsp3) is 0.412. The highest BCUT2D eigenvalue weighted by atomic mass is 16.5. The van der Waals surface area contributed by atoms with Gasteiger partial charge in [-0.05, 0) is 42.2 Å². The fourth-order valence-corrected chi connectivity index (χ4v) is 1.90. The molecule has 108 valence electrons. The normalized spacial score (nSPS) is 10.9. The monoisotopic (exact) mass is 273 g/mol. The van der Waals surface area contributed by atoms with Crippen molar-refractivity contribution in [2.24, 2.45) is 5.92 Å². The Hall–Kier alpha value is -1.74. The lowest BCUT2D eigenvalue weighted by Gasteiger charge is -2.10. The molecule has 0 saturated carbocycles. The fourth-order valence-electron chi connectivity index (χ4n) is 1.90. The number of hydrogen-bond donors (Lipinski definition) is 1. The van der Waals surface area contributed by atoms with Gasteiger partial charge in [-0.3, -0.25) is 0 Å². The van der Waals surface area contributed by atoms with Gasteiger partial charge in [-0.2, -0.15) is 0 Å². The van der Waals surface area contributed by atoms with E-state index in [0.29, 0.717) is 5.92 Å². The number of ether oxygens (including phenoxy) is 1. The quantitative estimate of drug-likeness (QED) is 0.789. The van der Waals surface area contributed by atoms with Crippen molar-refractivity contribution in [3.63, 3.8) is 0 Å². The van der Waals surface area contributed by atoms with Crippen LogP contribution < -0.4 is 10.1 Å². The van der Waals surface area contributed by atoms with Gasteiger partial charge in [0.1, 0.15) is 11.5 Å². The van der Waals surface area contributed by atoms with Crippen LogP contribution in [0.5, 0.6) is 5.75 Å². The van der Waals surface area contributed by atoms with Gasteiger partial charge in [0.2, 0.25) is 0 Å².